The van der Waals surface area contributed by atoms with Crippen LogP contribution < -0.4 is 0 Å². The molecule has 0 atom stereocenters. The van der Waals surface area contributed by atoms with E-state index in [-0.39, 0.29) is 5.78 Å². The normalized spacial score (nSPS) is 10.9. The first-order valence-corrected chi connectivity index (χ1v) is 7.91. The van der Waals surface area contributed by atoms with Crippen molar-refractivity contribution in [2.24, 2.45) is 0 Å². The van der Waals surface area contributed by atoms with Gasteiger partial charge in [0.1, 0.15) is 0 Å². The molecule has 0 aliphatic heterocycles. The third kappa shape index (κ3) is 2.48. The fourth-order valence-electron chi connectivity index (χ4n) is 3.13. The SMILES string of the molecule is COC(=O)c1cccc2[nH]c(C(=O)c3cccc4ccccc34)cc12. The molecule has 4 nitrogen and oxygen atoms in total. The molecule has 4 aromatic rings. The number of fused-ring (bicyclic) bond motifs is 2. The number of nitrogens with one attached hydrogen (secondary N) is 1. The van der Waals surface area contributed by atoms with E-state index >= 15 is 0 Å². The highest BCUT2D eigenvalue weighted by Gasteiger charge is 2.18. The molecular weight excluding hydrogens is 314 g/mol. The molecule has 122 valence electrons. The van der Waals surface area contributed by atoms with Crippen LogP contribution in [0.25, 0.3) is 21.7 Å². The molecule has 25 heavy (non-hydrogen) atoms. The van der Waals surface area contributed by atoms with Crippen LogP contribution in [0.2, 0.25) is 0 Å². The highest BCUT2D eigenvalue weighted by Crippen LogP contribution is 2.25. The van der Waals surface area contributed by atoms with Crippen molar-refractivity contribution in [2.45, 2.75) is 0 Å². The first-order valence-electron chi connectivity index (χ1n) is 7.91. The maximum absolute atomic E-state index is 13.0. The van der Waals surface area contributed by atoms with Crippen molar-refractivity contribution in [1.29, 1.82) is 0 Å². The number of aromatic amines is 1. The smallest absolute Gasteiger partial charge is 0.338 e. The average Bonchev–Trinajstić information content (AvgIpc) is 3.10. The molecule has 1 N–H and O–H groups in total. The molecule has 3 aromatic carbocycles. The van der Waals surface area contributed by atoms with Crippen LogP contribution in [0.15, 0.2) is 66.7 Å². The largest absolute Gasteiger partial charge is 0.465 e. The van der Waals surface area contributed by atoms with Gasteiger partial charge in [-0.25, -0.2) is 4.79 Å². The summed E-state index contributed by atoms with van der Waals surface area (Å²) in [5.74, 6) is -0.530. The zero-order valence-corrected chi connectivity index (χ0v) is 13.6. The minimum atomic E-state index is -0.422. The summed E-state index contributed by atoms with van der Waals surface area (Å²) in [5.41, 5.74) is 2.24. The Morgan fingerprint density at radius 2 is 1.56 bits per heavy atom. The Morgan fingerprint density at radius 1 is 0.840 bits per heavy atom. The van der Waals surface area contributed by atoms with Crippen LogP contribution in [0.5, 0.6) is 0 Å². The standard InChI is InChI=1S/C21H15NO3/c1-25-21(24)16-10-5-11-18-17(16)12-19(22-18)20(23)15-9-4-7-13-6-2-3-8-14(13)15/h2-12,22H,1H3. The number of ether oxygens (including phenoxy) is 1. The summed E-state index contributed by atoms with van der Waals surface area (Å²) in [6.45, 7) is 0. The molecule has 0 saturated carbocycles. The number of rotatable bonds is 3. The van der Waals surface area contributed by atoms with E-state index in [0.29, 0.717) is 22.2 Å². The van der Waals surface area contributed by atoms with E-state index in [9.17, 15) is 9.59 Å². The Morgan fingerprint density at radius 3 is 2.40 bits per heavy atom. The Bertz CT molecular complexity index is 1120. The minimum absolute atomic E-state index is 0.108. The number of esters is 1. The Kier molecular flexibility index (Phi) is 3.58. The van der Waals surface area contributed by atoms with Gasteiger partial charge >= 0.3 is 5.97 Å². The van der Waals surface area contributed by atoms with Crippen LogP contribution in [0, 0.1) is 0 Å². The maximum atomic E-state index is 13.0. The summed E-state index contributed by atoms with van der Waals surface area (Å²) in [6.07, 6.45) is 0. The lowest BCUT2D eigenvalue weighted by Crippen LogP contribution is -2.02. The molecule has 1 aromatic heterocycles. The zero-order chi connectivity index (χ0) is 17.4. The molecule has 0 aliphatic rings. The number of aromatic nitrogens is 1. The van der Waals surface area contributed by atoms with Crippen LogP contribution in [0.4, 0.5) is 0 Å². The van der Waals surface area contributed by atoms with Crippen molar-refractivity contribution in [3.8, 4) is 0 Å². The molecule has 0 fully saturated rings. The first kappa shape index (κ1) is 15.1. The van der Waals surface area contributed by atoms with Crippen LogP contribution in [0.3, 0.4) is 0 Å². The van der Waals surface area contributed by atoms with Crippen molar-refractivity contribution in [3.63, 3.8) is 0 Å². The number of carbonyl (C=O) groups excluding carboxylic acids is 2. The van der Waals surface area contributed by atoms with Gasteiger partial charge in [-0.2, -0.15) is 0 Å². The van der Waals surface area contributed by atoms with E-state index in [2.05, 4.69) is 4.98 Å². The van der Waals surface area contributed by atoms with Gasteiger partial charge < -0.3 is 9.72 Å². The summed E-state index contributed by atoms with van der Waals surface area (Å²) in [4.78, 5) is 28.1. The second kappa shape index (κ2) is 5.91. The Labute approximate surface area is 144 Å². The summed E-state index contributed by atoms with van der Waals surface area (Å²) in [7, 11) is 1.34. The first-order chi connectivity index (χ1) is 12.2. The summed E-state index contributed by atoms with van der Waals surface area (Å²) in [5, 5.41) is 2.60. The van der Waals surface area contributed by atoms with Crippen LogP contribution >= 0.6 is 0 Å². The number of H-pyrrole nitrogens is 1. The van der Waals surface area contributed by atoms with Gasteiger partial charge in [-0.3, -0.25) is 4.79 Å². The third-order valence-electron chi connectivity index (χ3n) is 4.35. The van der Waals surface area contributed by atoms with E-state index in [1.807, 2.05) is 48.5 Å². The molecular formula is C21H15NO3. The fourth-order valence-corrected chi connectivity index (χ4v) is 3.13. The van der Waals surface area contributed by atoms with E-state index in [4.69, 9.17) is 4.74 Å². The van der Waals surface area contributed by atoms with Gasteiger partial charge in [0, 0.05) is 16.5 Å². The van der Waals surface area contributed by atoms with Crippen LogP contribution in [-0.2, 0) is 4.74 Å². The highest BCUT2D eigenvalue weighted by atomic mass is 16.5. The summed E-state index contributed by atoms with van der Waals surface area (Å²) < 4.78 is 4.82. The molecule has 0 unspecified atom stereocenters. The predicted octanol–water partition coefficient (Wildman–Crippen LogP) is 4.34. The number of hydrogen-bond acceptors (Lipinski definition) is 3. The van der Waals surface area contributed by atoms with Crippen molar-refractivity contribution >= 4 is 33.4 Å². The van der Waals surface area contributed by atoms with Gasteiger partial charge in [-0.1, -0.05) is 48.5 Å². The van der Waals surface area contributed by atoms with Gasteiger partial charge in [0.2, 0.25) is 5.78 Å². The predicted molar refractivity (Wildman–Crippen MR) is 97.0 cm³/mol. The highest BCUT2D eigenvalue weighted by molar-refractivity contribution is 6.17. The number of carbonyl (C=O) groups is 2. The third-order valence-corrected chi connectivity index (χ3v) is 4.35. The van der Waals surface area contributed by atoms with Crippen LogP contribution in [-0.4, -0.2) is 23.8 Å². The molecule has 0 bridgehead atoms. The Balaban J connectivity index is 1.87. The van der Waals surface area contributed by atoms with Crippen LogP contribution in [0.1, 0.15) is 26.4 Å². The molecule has 0 spiro atoms. The van der Waals surface area contributed by atoms with Crippen molar-refractivity contribution in [1.82, 2.24) is 4.98 Å². The number of ketones is 1. The minimum Gasteiger partial charge on any atom is -0.465 e. The molecule has 0 amide bonds. The molecule has 4 rings (SSSR count). The number of benzene rings is 3. The summed E-state index contributed by atoms with van der Waals surface area (Å²) >= 11 is 0. The van der Waals surface area contributed by atoms with Crippen molar-refractivity contribution in [2.75, 3.05) is 7.11 Å². The number of hydrogen-bond donors (Lipinski definition) is 1. The number of methoxy groups -OCH3 is 1. The van der Waals surface area contributed by atoms with E-state index < -0.39 is 5.97 Å². The van der Waals surface area contributed by atoms with Gasteiger partial charge in [0.05, 0.1) is 18.4 Å². The van der Waals surface area contributed by atoms with E-state index in [1.165, 1.54) is 7.11 Å². The lowest BCUT2D eigenvalue weighted by molar-refractivity contribution is 0.0603. The zero-order valence-electron chi connectivity index (χ0n) is 13.6. The van der Waals surface area contributed by atoms with Crippen molar-refractivity contribution < 1.29 is 14.3 Å². The maximum Gasteiger partial charge on any atom is 0.338 e. The monoisotopic (exact) mass is 329 g/mol. The quantitative estimate of drug-likeness (QED) is 0.449. The lowest BCUT2D eigenvalue weighted by atomic mass is 10.00. The van der Waals surface area contributed by atoms with Crippen molar-refractivity contribution in [3.05, 3.63) is 83.6 Å². The summed E-state index contributed by atoms with van der Waals surface area (Å²) in [6, 6.07) is 20.4. The van der Waals surface area contributed by atoms with E-state index in [0.717, 1.165) is 16.3 Å². The molecule has 1 heterocycles. The van der Waals surface area contributed by atoms with Gasteiger partial charge in [0.25, 0.3) is 0 Å². The molecule has 0 aliphatic carbocycles. The van der Waals surface area contributed by atoms with E-state index in [1.54, 1.807) is 18.2 Å². The molecule has 0 radical (unpaired) electrons. The lowest BCUT2D eigenvalue weighted by Gasteiger charge is -2.04. The van der Waals surface area contributed by atoms with Gasteiger partial charge in [0.15, 0.2) is 0 Å². The molecule has 4 heteroatoms. The Hall–Kier alpha value is -3.40. The van der Waals surface area contributed by atoms with Gasteiger partial charge in [-0.05, 0) is 29.0 Å². The second-order valence-corrected chi connectivity index (χ2v) is 5.80. The average molecular weight is 329 g/mol. The fraction of sp³-hybridized carbons (Fsp3) is 0.0476. The van der Waals surface area contributed by atoms with Gasteiger partial charge in [-0.15, -0.1) is 0 Å². The molecule has 0 saturated heterocycles. The second-order valence-electron chi connectivity index (χ2n) is 5.80. The topological polar surface area (TPSA) is 59.2 Å².